The van der Waals surface area contributed by atoms with Gasteiger partial charge in [-0.05, 0) is 64.1 Å². The summed E-state index contributed by atoms with van der Waals surface area (Å²) in [4.78, 5) is 27.1. The van der Waals surface area contributed by atoms with Crippen LogP contribution in [-0.4, -0.2) is 42.4 Å². The lowest BCUT2D eigenvalue weighted by Gasteiger charge is -2.36. The number of anilines is 1. The van der Waals surface area contributed by atoms with Gasteiger partial charge < -0.3 is 10.6 Å². The molecule has 0 aliphatic heterocycles. The molecular formula is C23H37N3O2. The number of hydrogen-bond acceptors (Lipinski definition) is 3. The first-order valence-corrected chi connectivity index (χ1v) is 10.5. The maximum atomic E-state index is 12.7. The molecule has 1 fully saturated rings. The summed E-state index contributed by atoms with van der Waals surface area (Å²) in [6.07, 6.45) is 3.44. The Hall–Kier alpha value is -1.88. The predicted octanol–water partition coefficient (Wildman–Crippen LogP) is 3.81. The Morgan fingerprint density at radius 2 is 1.75 bits per heavy atom. The average molecular weight is 388 g/mol. The van der Waals surface area contributed by atoms with Crippen molar-refractivity contribution >= 4 is 17.5 Å². The Morgan fingerprint density at radius 1 is 1.14 bits per heavy atom. The van der Waals surface area contributed by atoms with Gasteiger partial charge in [-0.15, -0.1) is 0 Å². The third kappa shape index (κ3) is 5.57. The number of carbonyl (C=O) groups excluding carboxylic acids is 2. The molecule has 2 rings (SSSR count). The molecule has 1 aliphatic carbocycles. The summed E-state index contributed by atoms with van der Waals surface area (Å²) >= 11 is 0. The second kappa shape index (κ2) is 9.55. The Balaban J connectivity index is 1.91. The summed E-state index contributed by atoms with van der Waals surface area (Å²) in [5, 5.41) is 6.23. The van der Waals surface area contributed by atoms with Crippen LogP contribution < -0.4 is 10.6 Å². The molecule has 2 N–H and O–H groups in total. The van der Waals surface area contributed by atoms with Gasteiger partial charge in [0.15, 0.2) is 0 Å². The number of amides is 2. The van der Waals surface area contributed by atoms with Gasteiger partial charge in [-0.1, -0.05) is 44.4 Å². The zero-order chi connectivity index (χ0) is 21.0. The molecule has 0 bridgehead atoms. The molecule has 0 unspecified atom stereocenters. The number of nitrogens with one attached hydrogen (secondary N) is 2. The molecule has 0 spiro atoms. The molecule has 0 radical (unpaired) electrons. The fraction of sp³-hybridized carbons (Fsp3) is 0.652. The number of carbonyl (C=O) groups is 2. The van der Waals surface area contributed by atoms with Crippen molar-refractivity contribution in [3.63, 3.8) is 0 Å². The molecule has 1 aromatic carbocycles. The van der Waals surface area contributed by atoms with Gasteiger partial charge in [-0.2, -0.15) is 0 Å². The van der Waals surface area contributed by atoms with Crippen LogP contribution in [0.15, 0.2) is 12.1 Å². The van der Waals surface area contributed by atoms with Crippen molar-refractivity contribution in [2.24, 2.45) is 11.8 Å². The van der Waals surface area contributed by atoms with Crippen molar-refractivity contribution in [1.29, 1.82) is 0 Å². The van der Waals surface area contributed by atoms with E-state index in [-0.39, 0.29) is 30.4 Å². The van der Waals surface area contributed by atoms with Gasteiger partial charge in [0.05, 0.1) is 12.6 Å². The summed E-state index contributed by atoms with van der Waals surface area (Å²) in [5.41, 5.74) is 4.16. The molecule has 0 aromatic heterocycles. The van der Waals surface area contributed by atoms with Crippen LogP contribution in [-0.2, 0) is 9.59 Å². The van der Waals surface area contributed by atoms with Crippen LogP contribution >= 0.6 is 0 Å². The molecule has 0 heterocycles. The number of nitrogens with zero attached hydrogens (tertiary/aromatic N) is 1. The molecule has 156 valence electrons. The Kier molecular flexibility index (Phi) is 7.64. The summed E-state index contributed by atoms with van der Waals surface area (Å²) < 4.78 is 0. The number of hydrogen-bond donors (Lipinski definition) is 2. The van der Waals surface area contributed by atoms with Crippen LogP contribution in [0.2, 0.25) is 0 Å². The molecule has 1 aromatic rings. The minimum Gasteiger partial charge on any atom is -0.352 e. The molecule has 1 aliphatic rings. The number of likely N-dealkylation sites (N-methyl/N-ethyl adjacent to an activating group) is 1. The van der Waals surface area contributed by atoms with E-state index in [2.05, 4.69) is 36.6 Å². The van der Waals surface area contributed by atoms with Crippen LogP contribution in [0.25, 0.3) is 0 Å². The molecule has 4 atom stereocenters. The van der Waals surface area contributed by atoms with Crippen molar-refractivity contribution in [3.8, 4) is 0 Å². The van der Waals surface area contributed by atoms with E-state index in [0.29, 0.717) is 11.8 Å². The van der Waals surface area contributed by atoms with Crippen LogP contribution in [0.5, 0.6) is 0 Å². The van der Waals surface area contributed by atoms with Crippen molar-refractivity contribution < 1.29 is 9.59 Å². The molecule has 28 heavy (non-hydrogen) atoms. The third-order valence-corrected chi connectivity index (χ3v) is 6.41. The SMILES string of the molecule is Cc1cc(C)c(NC(=O)CN(C)[C@@H](C)C(=O)N[C@@H]2CCC[C@H](C)[C@@H]2C)c(C)c1. The standard InChI is InChI=1S/C23H37N3O2/c1-14-11-16(3)22(17(4)12-14)25-21(27)13-26(7)19(6)23(28)24-20-10-8-9-15(2)18(20)5/h11-12,15,18-20H,8-10,13H2,1-7H3,(H,24,28)(H,25,27)/t15-,18-,19-,20+/m0/s1. The van der Waals surface area contributed by atoms with E-state index in [9.17, 15) is 9.59 Å². The lowest BCUT2D eigenvalue weighted by Crippen LogP contribution is -2.51. The van der Waals surface area contributed by atoms with Gasteiger partial charge in [0.1, 0.15) is 0 Å². The molecule has 5 nitrogen and oxygen atoms in total. The molecule has 2 amide bonds. The lowest BCUT2D eigenvalue weighted by molar-refractivity contribution is -0.127. The topological polar surface area (TPSA) is 61.4 Å². The first-order valence-electron chi connectivity index (χ1n) is 10.5. The fourth-order valence-electron chi connectivity index (χ4n) is 4.21. The number of rotatable bonds is 6. The maximum Gasteiger partial charge on any atom is 0.238 e. The zero-order valence-electron chi connectivity index (χ0n) is 18.6. The van der Waals surface area contributed by atoms with Gasteiger partial charge in [0.2, 0.25) is 11.8 Å². The molecular weight excluding hydrogens is 350 g/mol. The number of benzene rings is 1. The molecule has 1 saturated carbocycles. The average Bonchev–Trinajstić information content (AvgIpc) is 2.61. The maximum absolute atomic E-state index is 12.7. The smallest absolute Gasteiger partial charge is 0.238 e. The summed E-state index contributed by atoms with van der Waals surface area (Å²) in [5.74, 6) is 1.03. The van der Waals surface area contributed by atoms with Crippen LogP contribution in [0, 0.1) is 32.6 Å². The minimum atomic E-state index is -0.351. The quantitative estimate of drug-likeness (QED) is 0.780. The van der Waals surface area contributed by atoms with E-state index in [1.165, 1.54) is 18.4 Å². The van der Waals surface area contributed by atoms with Crippen LogP contribution in [0.1, 0.15) is 56.7 Å². The lowest BCUT2D eigenvalue weighted by atomic mass is 9.78. The highest BCUT2D eigenvalue weighted by atomic mass is 16.2. The van der Waals surface area contributed by atoms with E-state index in [4.69, 9.17) is 0 Å². The Morgan fingerprint density at radius 3 is 2.36 bits per heavy atom. The zero-order valence-corrected chi connectivity index (χ0v) is 18.6. The van der Waals surface area contributed by atoms with Gasteiger partial charge in [0, 0.05) is 11.7 Å². The Bertz CT molecular complexity index is 693. The first kappa shape index (κ1) is 22.4. The summed E-state index contributed by atoms with van der Waals surface area (Å²) in [6, 6.07) is 4.01. The molecule has 0 saturated heterocycles. The van der Waals surface area contributed by atoms with Gasteiger partial charge in [0.25, 0.3) is 0 Å². The van der Waals surface area contributed by atoms with E-state index in [1.807, 2.05) is 34.7 Å². The monoisotopic (exact) mass is 387 g/mol. The van der Waals surface area contributed by atoms with Gasteiger partial charge in [-0.25, -0.2) is 0 Å². The highest BCUT2D eigenvalue weighted by Gasteiger charge is 2.30. The summed E-state index contributed by atoms with van der Waals surface area (Å²) in [7, 11) is 1.83. The van der Waals surface area contributed by atoms with E-state index >= 15 is 0 Å². The highest BCUT2D eigenvalue weighted by Crippen LogP contribution is 2.29. The molecule has 5 heteroatoms. The normalized spacial score (nSPS) is 23.4. The minimum absolute atomic E-state index is 0.00365. The number of aryl methyl sites for hydroxylation is 3. The third-order valence-electron chi connectivity index (χ3n) is 6.41. The van der Waals surface area contributed by atoms with Crippen molar-refractivity contribution in [2.45, 2.75) is 72.9 Å². The van der Waals surface area contributed by atoms with E-state index < -0.39 is 0 Å². The second-order valence-corrected chi connectivity index (χ2v) is 8.80. The van der Waals surface area contributed by atoms with Crippen LogP contribution in [0.4, 0.5) is 5.69 Å². The summed E-state index contributed by atoms with van der Waals surface area (Å²) in [6.45, 7) is 12.6. The van der Waals surface area contributed by atoms with E-state index in [1.54, 1.807) is 4.90 Å². The Labute approximate surface area is 170 Å². The predicted molar refractivity (Wildman–Crippen MR) is 115 cm³/mol. The fourth-order valence-corrected chi connectivity index (χ4v) is 4.21. The highest BCUT2D eigenvalue weighted by molar-refractivity contribution is 5.94. The van der Waals surface area contributed by atoms with Crippen LogP contribution in [0.3, 0.4) is 0 Å². The van der Waals surface area contributed by atoms with Crippen molar-refractivity contribution in [3.05, 3.63) is 28.8 Å². The first-order chi connectivity index (χ1) is 13.1. The second-order valence-electron chi connectivity index (χ2n) is 8.80. The van der Waals surface area contributed by atoms with Crippen molar-refractivity contribution in [2.75, 3.05) is 18.9 Å². The van der Waals surface area contributed by atoms with Gasteiger partial charge >= 0.3 is 0 Å². The van der Waals surface area contributed by atoms with Gasteiger partial charge in [-0.3, -0.25) is 14.5 Å². The van der Waals surface area contributed by atoms with Crippen molar-refractivity contribution in [1.82, 2.24) is 10.2 Å². The largest absolute Gasteiger partial charge is 0.352 e. The van der Waals surface area contributed by atoms with E-state index in [0.717, 1.165) is 23.2 Å².